The Kier molecular flexibility index (Phi) is 3.71. The van der Waals surface area contributed by atoms with Crippen LogP contribution in [-0.4, -0.2) is 16.5 Å². The summed E-state index contributed by atoms with van der Waals surface area (Å²) < 4.78 is 0. The summed E-state index contributed by atoms with van der Waals surface area (Å²) in [4.78, 5) is 8.18. The first-order valence-electron chi connectivity index (χ1n) is 4.29. The van der Waals surface area contributed by atoms with Crippen LogP contribution < -0.4 is 5.32 Å². The van der Waals surface area contributed by atoms with Crippen LogP contribution in [0.4, 0.5) is 5.95 Å². The Bertz CT molecular complexity index is 303. The van der Waals surface area contributed by atoms with Gasteiger partial charge in [-0.05, 0) is 12.5 Å². The summed E-state index contributed by atoms with van der Waals surface area (Å²) >= 11 is 0. The fourth-order valence-electron chi connectivity index (χ4n) is 0.897. The predicted molar refractivity (Wildman–Crippen MR) is 50.1 cm³/mol. The molecule has 4 nitrogen and oxygen atoms in total. The zero-order valence-corrected chi connectivity index (χ0v) is 7.62. The molecule has 0 radical (unpaired) electrons. The standard InChI is InChI=1S/C9H12N4/c1-2-6-11-9-12-7-4-8(13-9)3-5-10/h4,7H,2-3,6H2,1H3,(H,11,12,13). The molecule has 0 aliphatic heterocycles. The van der Waals surface area contributed by atoms with Crippen molar-refractivity contribution in [3.8, 4) is 6.07 Å². The summed E-state index contributed by atoms with van der Waals surface area (Å²) in [5.41, 5.74) is 0.760. The van der Waals surface area contributed by atoms with Crippen molar-refractivity contribution < 1.29 is 0 Å². The molecule has 0 amide bonds. The van der Waals surface area contributed by atoms with E-state index in [4.69, 9.17) is 5.26 Å². The highest BCUT2D eigenvalue weighted by molar-refractivity contribution is 5.25. The van der Waals surface area contributed by atoms with E-state index in [1.54, 1.807) is 12.3 Å². The van der Waals surface area contributed by atoms with Crippen LogP contribution in [0.2, 0.25) is 0 Å². The molecule has 0 saturated heterocycles. The number of hydrogen-bond acceptors (Lipinski definition) is 4. The summed E-state index contributed by atoms with van der Waals surface area (Å²) in [6.45, 7) is 2.93. The summed E-state index contributed by atoms with van der Waals surface area (Å²) in [6.07, 6.45) is 3.03. The maximum Gasteiger partial charge on any atom is 0.222 e. The van der Waals surface area contributed by atoms with Gasteiger partial charge >= 0.3 is 0 Å². The zero-order chi connectivity index (χ0) is 9.52. The van der Waals surface area contributed by atoms with Crippen LogP contribution in [0.5, 0.6) is 0 Å². The third-order valence-corrected chi connectivity index (χ3v) is 1.51. The Balaban J connectivity index is 2.63. The van der Waals surface area contributed by atoms with E-state index in [9.17, 15) is 0 Å². The van der Waals surface area contributed by atoms with E-state index in [1.165, 1.54) is 0 Å². The van der Waals surface area contributed by atoms with E-state index in [-0.39, 0.29) is 0 Å². The van der Waals surface area contributed by atoms with Crippen molar-refractivity contribution in [1.29, 1.82) is 5.26 Å². The normalized spacial score (nSPS) is 9.23. The molecule has 1 aromatic heterocycles. The van der Waals surface area contributed by atoms with Crippen LogP contribution in [0.15, 0.2) is 12.3 Å². The maximum absolute atomic E-state index is 8.46. The van der Waals surface area contributed by atoms with E-state index in [0.29, 0.717) is 12.4 Å². The van der Waals surface area contributed by atoms with E-state index < -0.39 is 0 Å². The van der Waals surface area contributed by atoms with Crippen molar-refractivity contribution >= 4 is 5.95 Å². The Labute approximate surface area is 77.6 Å². The highest BCUT2D eigenvalue weighted by atomic mass is 15.1. The molecule has 1 N–H and O–H groups in total. The van der Waals surface area contributed by atoms with Gasteiger partial charge in [-0.25, -0.2) is 9.97 Å². The van der Waals surface area contributed by atoms with Gasteiger partial charge in [-0.2, -0.15) is 5.26 Å². The van der Waals surface area contributed by atoms with Crippen LogP contribution in [0, 0.1) is 11.3 Å². The lowest BCUT2D eigenvalue weighted by molar-refractivity contribution is 0.941. The smallest absolute Gasteiger partial charge is 0.222 e. The summed E-state index contributed by atoms with van der Waals surface area (Å²) in [7, 11) is 0. The molecule has 0 atom stereocenters. The monoisotopic (exact) mass is 176 g/mol. The first-order chi connectivity index (χ1) is 6.36. The van der Waals surface area contributed by atoms with Gasteiger partial charge in [0.25, 0.3) is 0 Å². The van der Waals surface area contributed by atoms with Crippen LogP contribution >= 0.6 is 0 Å². The van der Waals surface area contributed by atoms with Crippen LogP contribution in [0.1, 0.15) is 19.0 Å². The Morgan fingerprint density at radius 1 is 1.62 bits per heavy atom. The Hall–Kier alpha value is -1.63. The predicted octanol–water partition coefficient (Wildman–Crippen LogP) is 1.36. The van der Waals surface area contributed by atoms with Gasteiger partial charge in [-0.3, -0.25) is 0 Å². The van der Waals surface area contributed by atoms with Gasteiger partial charge in [-0.15, -0.1) is 0 Å². The second kappa shape index (κ2) is 5.09. The van der Waals surface area contributed by atoms with Crippen molar-refractivity contribution in [2.24, 2.45) is 0 Å². The molecule has 13 heavy (non-hydrogen) atoms. The molecule has 0 spiro atoms. The van der Waals surface area contributed by atoms with Crippen LogP contribution in [0.25, 0.3) is 0 Å². The minimum atomic E-state index is 0.337. The fourth-order valence-corrected chi connectivity index (χ4v) is 0.897. The number of nitrogens with zero attached hydrogens (tertiary/aromatic N) is 3. The molecule has 0 saturated carbocycles. The molecule has 1 heterocycles. The molecule has 1 aromatic rings. The third kappa shape index (κ3) is 3.08. The lowest BCUT2D eigenvalue weighted by atomic mass is 10.3. The molecular weight excluding hydrogens is 164 g/mol. The number of nitriles is 1. The number of hydrogen-bond donors (Lipinski definition) is 1. The van der Waals surface area contributed by atoms with Gasteiger partial charge in [-0.1, -0.05) is 6.92 Å². The molecule has 68 valence electrons. The maximum atomic E-state index is 8.46. The second-order valence-corrected chi connectivity index (χ2v) is 2.63. The first kappa shape index (κ1) is 9.46. The number of rotatable bonds is 4. The third-order valence-electron chi connectivity index (χ3n) is 1.51. The van der Waals surface area contributed by atoms with Gasteiger partial charge in [0.05, 0.1) is 18.2 Å². The van der Waals surface area contributed by atoms with E-state index in [1.807, 2.05) is 6.07 Å². The average Bonchev–Trinajstić information content (AvgIpc) is 2.16. The summed E-state index contributed by atoms with van der Waals surface area (Å²) in [5, 5.41) is 11.5. The van der Waals surface area contributed by atoms with E-state index in [0.717, 1.165) is 18.7 Å². The number of aromatic nitrogens is 2. The fraction of sp³-hybridized carbons (Fsp3) is 0.444. The van der Waals surface area contributed by atoms with Crippen molar-refractivity contribution in [1.82, 2.24) is 9.97 Å². The van der Waals surface area contributed by atoms with Gasteiger partial charge in [0.15, 0.2) is 0 Å². The number of anilines is 1. The van der Waals surface area contributed by atoms with Gasteiger partial charge in [0, 0.05) is 12.7 Å². The first-order valence-corrected chi connectivity index (χ1v) is 4.29. The zero-order valence-electron chi connectivity index (χ0n) is 7.62. The largest absolute Gasteiger partial charge is 0.354 e. The van der Waals surface area contributed by atoms with Crippen LogP contribution in [-0.2, 0) is 6.42 Å². The lowest BCUT2D eigenvalue weighted by Crippen LogP contribution is -2.05. The van der Waals surface area contributed by atoms with Crippen LogP contribution in [0.3, 0.4) is 0 Å². The number of nitrogens with one attached hydrogen (secondary N) is 1. The molecule has 0 bridgehead atoms. The minimum Gasteiger partial charge on any atom is -0.354 e. The molecule has 0 fully saturated rings. The van der Waals surface area contributed by atoms with Gasteiger partial charge < -0.3 is 5.32 Å². The SMILES string of the molecule is CCCNc1nccc(CC#N)n1. The summed E-state index contributed by atoms with van der Waals surface area (Å²) in [6, 6.07) is 3.80. The van der Waals surface area contributed by atoms with E-state index >= 15 is 0 Å². The van der Waals surface area contributed by atoms with E-state index in [2.05, 4.69) is 22.2 Å². The molecule has 0 aromatic carbocycles. The molecule has 4 heteroatoms. The Morgan fingerprint density at radius 2 is 2.46 bits per heavy atom. The van der Waals surface area contributed by atoms with Crippen molar-refractivity contribution in [3.05, 3.63) is 18.0 Å². The summed E-state index contributed by atoms with van der Waals surface area (Å²) in [5.74, 6) is 0.606. The van der Waals surface area contributed by atoms with Crippen molar-refractivity contribution in [2.75, 3.05) is 11.9 Å². The molecule has 1 rings (SSSR count). The highest BCUT2D eigenvalue weighted by Crippen LogP contribution is 2.00. The van der Waals surface area contributed by atoms with Gasteiger partial charge in [0.2, 0.25) is 5.95 Å². The molecule has 0 aliphatic rings. The van der Waals surface area contributed by atoms with Crippen molar-refractivity contribution in [3.63, 3.8) is 0 Å². The molecule has 0 aliphatic carbocycles. The van der Waals surface area contributed by atoms with Gasteiger partial charge in [0.1, 0.15) is 0 Å². The highest BCUT2D eigenvalue weighted by Gasteiger charge is 1.96. The van der Waals surface area contributed by atoms with Crippen molar-refractivity contribution in [2.45, 2.75) is 19.8 Å². The molecule has 0 unspecified atom stereocenters. The minimum absolute atomic E-state index is 0.337. The topological polar surface area (TPSA) is 61.6 Å². The quantitative estimate of drug-likeness (QED) is 0.752. The average molecular weight is 176 g/mol. The molecular formula is C9H12N4. The lowest BCUT2D eigenvalue weighted by Gasteiger charge is -2.02. The second-order valence-electron chi connectivity index (χ2n) is 2.63. The Morgan fingerprint density at radius 3 is 3.15 bits per heavy atom.